The molecule has 3 aromatic carbocycles. The van der Waals surface area contributed by atoms with Crippen molar-refractivity contribution in [2.24, 2.45) is 0 Å². The van der Waals surface area contributed by atoms with Crippen LogP contribution < -0.4 is 15.4 Å². The predicted octanol–water partition coefficient (Wildman–Crippen LogP) is 4.50. The van der Waals surface area contributed by atoms with Crippen LogP contribution in [0, 0.1) is 5.82 Å². The van der Waals surface area contributed by atoms with Crippen LogP contribution in [0.15, 0.2) is 79.1 Å². The van der Waals surface area contributed by atoms with E-state index in [-0.39, 0.29) is 5.82 Å². The lowest BCUT2D eigenvalue weighted by Crippen LogP contribution is -2.43. The first-order valence-electron chi connectivity index (χ1n) is 11.8. The molecule has 0 saturated carbocycles. The lowest BCUT2D eigenvalue weighted by atomic mass is 9.92. The van der Waals surface area contributed by atoms with Crippen molar-refractivity contribution in [1.29, 1.82) is 0 Å². The number of urea groups is 1. The average Bonchev–Trinajstić information content (AvgIpc) is 3.39. The summed E-state index contributed by atoms with van der Waals surface area (Å²) in [6, 6.07) is 17.7. The van der Waals surface area contributed by atoms with Crippen molar-refractivity contribution >= 4 is 34.3 Å². The number of nitrogens with one attached hydrogen (secondary N) is 2. The van der Waals surface area contributed by atoms with E-state index in [9.17, 15) is 18.8 Å². The highest BCUT2D eigenvalue weighted by atomic mass is 19.1. The number of fused-ring (bicyclic) bond motifs is 3. The molecule has 2 N–H and O–H groups in total. The zero-order chi connectivity index (χ0) is 25.6. The van der Waals surface area contributed by atoms with E-state index < -0.39 is 29.9 Å². The molecule has 1 atom stereocenters. The molecular formula is C28H21FN4O4. The van der Waals surface area contributed by atoms with Gasteiger partial charge in [0.15, 0.2) is 0 Å². The molecule has 1 aliphatic heterocycles. The number of carbonyl (C=O) groups excluding carboxylic acids is 3. The van der Waals surface area contributed by atoms with Crippen LogP contribution >= 0.6 is 0 Å². The number of amides is 4. The van der Waals surface area contributed by atoms with Gasteiger partial charge >= 0.3 is 6.03 Å². The largest absolute Gasteiger partial charge is 0.457 e. The van der Waals surface area contributed by atoms with E-state index in [2.05, 4.69) is 15.6 Å². The number of nitrogens with zero attached hydrogens (tertiary/aromatic N) is 2. The third kappa shape index (κ3) is 3.85. The molecule has 0 radical (unpaired) electrons. The zero-order valence-corrected chi connectivity index (χ0v) is 19.5. The Morgan fingerprint density at radius 2 is 1.86 bits per heavy atom. The highest BCUT2D eigenvalue weighted by Gasteiger charge is 2.55. The molecule has 8 nitrogen and oxygen atoms in total. The summed E-state index contributed by atoms with van der Waals surface area (Å²) in [4.78, 5) is 44.2. The minimum atomic E-state index is -1.12. The molecule has 4 aromatic rings. The summed E-state index contributed by atoms with van der Waals surface area (Å²) < 4.78 is 19.2. The van der Waals surface area contributed by atoms with Crippen molar-refractivity contribution in [2.45, 2.75) is 18.4 Å². The number of pyridine rings is 1. The minimum absolute atomic E-state index is 0.368. The van der Waals surface area contributed by atoms with Gasteiger partial charge in [0, 0.05) is 23.2 Å². The van der Waals surface area contributed by atoms with E-state index >= 15 is 0 Å². The van der Waals surface area contributed by atoms with Gasteiger partial charge in [-0.05, 0) is 66.4 Å². The van der Waals surface area contributed by atoms with Gasteiger partial charge in [-0.3, -0.25) is 19.5 Å². The Morgan fingerprint density at radius 3 is 2.70 bits per heavy atom. The number of aromatic nitrogens is 1. The van der Waals surface area contributed by atoms with E-state index in [1.54, 1.807) is 30.6 Å². The normalized spacial score (nSPS) is 18.2. The number of aryl methyl sites for hydroxylation is 1. The molecule has 1 saturated heterocycles. The maximum absolute atomic E-state index is 13.4. The van der Waals surface area contributed by atoms with Crippen molar-refractivity contribution in [3.8, 4) is 11.5 Å². The first kappa shape index (κ1) is 22.7. The van der Waals surface area contributed by atoms with Crippen molar-refractivity contribution in [3.05, 3.63) is 96.1 Å². The molecule has 37 heavy (non-hydrogen) atoms. The molecule has 9 heteroatoms. The third-order valence-corrected chi connectivity index (χ3v) is 6.82. The Balaban J connectivity index is 1.22. The molecule has 6 rings (SSSR count). The summed E-state index contributed by atoms with van der Waals surface area (Å²) in [5, 5.41) is 6.90. The highest BCUT2D eigenvalue weighted by Crippen LogP contribution is 2.41. The molecule has 4 amide bonds. The Hall–Kier alpha value is -4.79. The van der Waals surface area contributed by atoms with E-state index in [1.165, 1.54) is 24.3 Å². The van der Waals surface area contributed by atoms with Crippen LogP contribution in [0.4, 0.5) is 14.9 Å². The minimum Gasteiger partial charge on any atom is -0.457 e. The summed E-state index contributed by atoms with van der Waals surface area (Å²) in [5.41, 5.74) is 1.13. The number of anilines is 1. The fourth-order valence-corrected chi connectivity index (χ4v) is 5.06. The van der Waals surface area contributed by atoms with Crippen LogP contribution in [0.1, 0.15) is 17.5 Å². The zero-order valence-electron chi connectivity index (χ0n) is 19.5. The fourth-order valence-electron chi connectivity index (χ4n) is 5.06. The highest BCUT2D eigenvalue weighted by molar-refractivity contribution is 6.12. The number of rotatable bonds is 5. The SMILES string of the molecule is O=C(CN1C(=O)NC2(CCc3ccccc32)C1=O)Nc1ccc(Oc2ccc(F)cc2)c2ccncc12. The van der Waals surface area contributed by atoms with Crippen molar-refractivity contribution in [2.75, 3.05) is 11.9 Å². The quantitative estimate of drug-likeness (QED) is 0.397. The number of hydrogen-bond acceptors (Lipinski definition) is 5. The number of hydrogen-bond donors (Lipinski definition) is 2. The van der Waals surface area contributed by atoms with Gasteiger partial charge < -0.3 is 15.4 Å². The van der Waals surface area contributed by atoms with Crippen LogP contribution in [-0.2, 0) is 21.5 Å². The van der Waals surface area contributed by atoms with Crippen LogP contribution in [0.25, 0.3) is 10.8 Å². The van der Waals surface area contributed by atoms with E-state index in [4.69, 9.17) is 4.74 Å². The Kier molecular flexibility index (Phi) is 5.33. The summed E-state index contributed by atoms with van der Waals surface area (Å²) in [6.07, 6.45) is 4.31. The van der Waals surface area contributed by atoms with E-state index in [0.29, 0.717) is 40.8 Å². The van der Waals surface area contributed by atoms with Crippen LogP contribution in [0.3, 0.4) is 0 Å². The number of ether oxygens (including phenoxy) is 1. The molecule has 184 valence electrons. The van der Waals surface area contributed by atoms with Crippen molar-refractivity contribution < 1.29 is 23.5 Å². The standard InChI is InChI=1S/C28H21FN4O4/c29-18-5-7-19(8-6-18)37-24-10-9-23(21-15-30-14-12-20(21)24)31-25(34)16-33-26(35)28(32-27(33)36)13-11-17-3-1-2-4-22(17)28/h1-10,12,14-15H,11,13,16H2,(H,31,34)(H,32,36). The summed E-state index contributed by atoms with van der Waals surface area (Å²) >= 11 is 0. The monoisotopic (exact) mass is 496 g/mol. The molecule has 1 fully saturated rings. The topological polar surface area (TPSA) is 101 Å². The first-order valence-corrected chi connectivity index (χ1v) is 11.8. The summed E-state index contributed by atoms with van der Waals surface area (Å²) in [6.45, 7) is -0.426. The molecular weight excluding hydrogens is 475 g/mol. The van der Waals surface area contributed by atoms with Gasteiger partial charge in [0.05, 0.1) is 5.69 Å². The van der Waals surface area contributed by atoms with Crippen molar-refractivity contribution in [1.82, 2.24) is 15.2 Å². The van der Waals surface area contributed by atoms with Gasteiger partial charge in [0.1, 0.15) is 29.4 Å². The third-order valence-electron chi connectivity index (χ3n) is 6.82. The lowest BCUT2D eigenvalue weighted by molar-refractivity contribution is -0.134. The number of imide groups is 1. The molecule has 1 aliphatic carbocycles. The Morgan fingerprint density at radius 1 is 1.05 bits per heavy atom. The average molecular weight is 496 g/mol. The van der Waals surface area contributed by atoms with Crippen LogP contribution in [0.2, 0.25) is 0 Å². The van der Waals surface area contributed by atoms with Gasteiger partial charge in [0.2, 0.25) is 5.91 Å². The van der Waals surface area contributed by atoms with Gasteiger partial charge in [-0.15, -0.1) is 0 Å². The van der Waals surface area contributed by atoms with Crippen LogP contribution in [0.5, 0.6) is 11.5 Å². The Labute approximate surface area is 211 Å². The number of carbonyl (C=O) groups is 3. The van der Waals surface area contributed by atoms with Gasteiger partial charge in [0.25, 0.3) is 5.91 Å². The summed E-state index contributed by atoms with van der Waals surface area (Å²) in [7, 11) is 0. The second-order valence-corrected chi connectivity index (χ2v) is 9.02. The molecule has 1 aromatic heterocycles. The molecule has 1 unspecified atom stereocenters. The molecule has 2 aliphatic rings. The Bertz CT molecular complexity index is 1570. The molecule has 2 heterocycles. The van der Waals surface area contributed by atoms with Crippen LogP contribution in [-0.4, -0.2) is 34.3 Å². The second-order valence-electron chi connectivity index (χ2n) is 9.02. The maximum atomic E-state index is 13.4. The molecule has 0 bridgehead atoms. The smallest absolute Gasteiger partial charge is 0.325 e. The number of benzene rings is 3. The predicted molar refractivity (Wildman–Crippen MR) is 134 cm³/mol. The molecule has 1 spiro atoms. The van der Waals surface area contributed by atoms with Gasteiger partial charge in [-0.2, -0.15) is 0 Å². The van der Waals surface area contributed by atoms with E-state index in [0.717, 1.165) is 16.0 Å². The first-order chi connectivity index (χ1) is 17.9. The lowest BCUT2D eigenvalue weighted by Gasteiger charge is -2.22. The number of halogens is 1. The van der Waals surface area contributed by atoms with E-state index in [1.807, 2.05) is 24.3 Å². The fraction of sp³-hybridized carbons (Fsp3) is 0.143. The maximum Gasteiger partial charge on any atom is 0.325 e. The van der Waals surface area contributed by atoms with Gasteiger partial charge in [-0.1, -0.05) is 24.3 Å². The second kappa shape index (κ2) is 8.70. The summed E-state index contributed by atoms with van der Waals surface area (Å²) in [5.74, 6) is -0.362. The van der Waals surface area contributed by atoms with Gasteiger partial charge in [-0.25, -0.2) is 9.18 Å². The van der Waals surface area contributed by atoms with Crippen molar-refractivity contribution in [3.63, 3.8) is 0 Å².